The van der Waals surface area contributed by atoms with Gasteiger partial charge in [0.15, 0.2) is 0 Å². The molecule has 0 saturated heterocycles. The molecule has 19 heavy (non-hydrogen) atoms. The van der Waals surface area contributed by atoms with Crippen molar-refractivity contribution in [2.45, 2.75) is 36.6 Å². The molecule has 2 rings (SSSR count). The largest absolute Gasteiger partial charge is 0.381 e. The Bertz CT molecular complexity index is 530. The predicted molar refractivity (Wildman–Crippen MR) is 76.2 cm³/mol. The van der Waals surface area contributed by atoms with E-state index in [0.717, 1.165) is 19.3 Å². The lowest BCUT2D eigenvalue weighted by molar-refractivity contribution is 0.332. The Morgan fingerprint density at radius 1 is 1.21 bits per heavy atom. The van der Waals surface area contributed by atoms with Crippen LogP contribution in [0.25, 0.3) is 0 Å². The molecule has 1 fully saturated rings. The number of sulfonamides is 1. The molecule has 2 atom stereocenters. The van der Waals surface area contributed by atoms with E-state index < -0.39 is 10.0 Å². The molecule has 5 N–H and O–H groups in total. The van der Waals surface area contributed by atoms with Gasteiger partial charge in [-0.05, 0) is 37.4 Å². The minimum Gasteiger partial charge on any atom is -0.381 e. The van der Waals surface area contributed by atoms with Crippen molar-refractivity contribution in [3.8, 4) is 0 Å². The highest BCUT2D eigenvalue weighted by Crippen LogP contribution is 2.28. The highest BCUT2D eigenvalue weighted by molar-refractivity contribution is 7.89. The van der Waals surface area contributed by atoms with Crippen LogP contribution < -0.4 is 16.2 Å². The first-order chi connectivity index (χ1) is 9.02. The maximum Gasteiger partial charge on any atom is 0.240 e. The summed E-state index contributed by atoms with van der Waals surface area (Å²) in [6.07, 6.45) is 4.44. The highest BCUT2D eigenvalue weighted by atomic mass is 32.2. The first-order valence-electron chi connectivity index (χ1n) is 6.61. The second-order valence-corrected chi connectivity index (χ2v) is 6.60. The summed E-state index contributed by atoms with van der Waals surface area (Å²) in [6.45, 7) is 0.620. The molecule has 1 aromatic rings. The summed E-state index contributed by atoms with van der Waals surface area (Å²) in [5, 5.41) is 8.56. The van der Waals surface area contributed by atoms with E-state index in [1.165, 1.54) is 12.5 Å². The van der Waals surface area contributed by atoms with E-state index in [2.05, 4.69) is 5.32 Å². The summed E-state index contributed by atoms with van der Waals surface area (Å²) in [5.41, 5.74) is 6.37. The lowest BCUT2D eigenvalue weighted by atomic mass is 9.84. The van der Waals surface area contributed by atoms with Crippen molar-refractivity contribution in [1.82, 2.24) is 0 Å². The number of hydrogen-bond donors (Lipinski definition) is 3. The van der Waals surface area contributed by atoms with Crippen LogP contribution in [0.3, 0.4) is 0 Å². The van der Waals surface area contributed by atoms with Gasteiger partial charge in [-0.3, -0.25) is 0 Å². The van der Waals surface area contributed by atoms with Crippen LogP contribution >= 0.6 is 0 Å². The van der Waals surface area contributed by atoms with Crippen LogP contribution in [0, 0.1) is 5.92 Å². The van der Waals surface area contributed by atoms with Gasteiger partial charge in [0.25, 0.3) is 0 Å². The van der Waals surface area contributed by atoms with Crippen molar-refractivity contribution in [2.75, 3.05) is 11.9 Å². The van der Waals surface area contributed by atoms with E-state index in [1.807, 2.05) is 0 Å². The van der Waals surface area contributed by atoms with Crippen molar-refractivity contribution in [3.63, 3.8) is 0 Å². The van der Waals surface area contributed by atoms with Crippen LogP contribution in [0.2, 0.25) is 0 Å². The molecular weight excluding hydrogens is 262 g/mol. The monoisotopic (exact) mass is 283 g/mol. The summed E-state index contributed by atoms with van der Waals surface area (Å²) in [4.78, 5) is 0.149. The van der Waals surface area contributed by atoms with Gasteiger partial charge >= 0.3 is 0 Å². The van der Waals surface area contributed by atoms with Gasteiger partial charge in [0.2, 0.25) is 10.0 Å². The molecule has 0 heterocycles. The van der Waals surface area contributed by atoms with Crippen LogP contribution in [-0.2, 0) is 10.0 Å². The normalized spacial score (nSPS) is 24.1. The van der Waals surface area contributed by atoms with Gasteiger partial charge in [0, 0.05) is 6.04 Å². The fourth-order valence-electron chi connectivity index (χ4n) is 2.71. The Hall–Kier alpha value is -1.11. The summed E-state index contributed by atoms with van der Waals surface area (Å²) in [7, 11) is -3.70. The Labute approximate surface area is 114 Å². The Balaban J connectivity index is 2.23. The molecule has 0 bridgehead atoms. The van der Waals surface area contributed by atoms with Crippen LogP contribution in [-0.4, -0.2) is 21.0 Å². The van der Waals surface area contributed by atoms with E-state index in [9.17, 15) is 8.42 Å². The third-order valence-electron chi connectivity index (χ3n) is 3.75. The van der Waals surface area contributed by atoms with Crippen LogP contribution in [0.4, 0.5) is 5.69 Å². The molecule has 6 heteroatoms. The smallest absolute Gasteiger partial charge is 0.240 e. The average Bonchev–Trinajstić information content (AvgIpc) is 2.39. The number of nitrogens with two attached hydrogens (primary N) is 2. The predicted octanol–water partition coefficient (Wildman–Crippen LogP) is 1.26. The van der Waals surface area contributed by atoms with Gasteiger partial charge in [-0.1, -0.05) is 25.0 Å². The SMILES string of the molecule is NCC1CCCCC1Nc1ccccc1S(N)(=O)=O. The van der Waals surface area contributed by atoms with Crippen molar-refractivity contribution in [2.24, 2.45) is 16.8 Å². The molecule has 1 aliphatic rings. The quantitative estimate of drug-likeness (QED) is 0.775. The van der Waals surface area contributed by atoms with E-state index in [0.29, 0.717) is 18.2 Å². The molecule has 0 amide bonds. The third kappa shape index (κ3) is 3.46. The van der Waals surface area contributed by atoms with Crippen molar-refractivity contribution < 1.29 is 8.42 Å². The molecule has 0 aromatic heterocycles. The van der Waals surface area contributed by atoms with Gasteiger partial charge < -0.3 is 11.1 Å². The summed E-state index contributed by atoms with van der Waals surface area (Å²) < 4.78 is 23.1. The van der Waals surface area contributed by atoms with Crippen molar-refractivity contribution in [1.29, 1.82) is 0 Å². The molecule has 1 aliphatic carbocycles. The molecule has 0 radical (unpaired) electrons. The number of para-hydroxylation sites is 1. The number of rotatable bonds is 4. The van der Waals surface area contributed by atoms with Crippen molar-refractivity contribution in [3.05, 3.63) is 24.3 Å². The summed E-state index contributed by atoms with van der Waals surface area (Å²) in [6, 6.07) is 6.98. The van der Waals surface area contributed by atoms with E-state index in [1.54, 1.807) is 18.2 Å². The maximum absolute atomic E-state index is 11.6. The third-order valence-corrected chi connectivity index (χ3v) is 4.72. The first kappa shape index (κ1) is 14.3. The molecule has 1 saturated carbocycles. The van der Waals surface area contributed by atoms with Gasteiger partial charge in [0.05, 0.1) is 5.69 Å². The van der Waals surface area contributed by atoms with E-state index in [-0.39, 0.29) is 10.9 Å². The Morgan fingerprint density at radius 3 is 2.58 bits per heavy atom. The number of primary sulfonamides is 1. The van der Waals surface area contributed by atoms with E-state index >= 15 is 0 Å². The van der Waals surface area contributed by atoms with Crippen LogP contribution in [0.1, 0.15) is 25.7 Å². The number of benzene rings is 1. The lowest BCUT2D eigenvalue weighted by Crippen LogP contribution is -2.37. The number of hydrogen-bond acceptors (Lipinski definition) is 4. The average molecular weight is 283 g/mol. The zero-order valence-electron chi connectivity index (χ0n) is 10.9. The number of anilines is 1. The van der Waals surface area contributed by atoms with Gasteiger partial charge in [-0.15, -0.1) is 0 Å². The molecule has 2 unspecified atom stereocenters. The lowest BCUT2D eigenvalue weighted by Gasteiger charge is -2.32. The Morgan fingerprint density at radius 2 is 1.89 bits per heavy atom. The van der Waals surface area contributed by atoms with E-state index in [4.69, 9.17) is 10.9 Å². The van der Waals surface area contributed by atoms with Crippen LogP contribution in [0.5, 0.6) is 0 Å². The highest BCUT2D eigenvalue weighted by Gasteiger charge is 2.25. The second kappa shape index (κ2) is 5.90. The van der Waals surface area contributed by atoms with Crippen LogP contribution in [0.15, 0.2) is 29.2 Å². The molecular formula is C13H21N3O2S. The molecule has 106 valence electrons. The minimum absolute atomic E-state index is 0.149. The van der Waals surface area contributed by atoms with Gasteiger partial charge in [0.1, 0.15) is 4.90 Å². The first-order valence-corrected chi connectivity index (χ1v) is 8.15. The molecule has 0 aliphatic heterocycles. The zero-order chi connectivity index (χ0) is 13.9. The topological polar surface area (TPSA) is 98.2 Å². The summed E-state index contributed by atoms with van der Waals surface area (Å²) in [5.74, 6) is 0.391. The van der Waals surface area contributed by atoms with Crippen molar-refractivity contribution >= 4 is 15.7 Å². The standard InChI is InChI=1S/C13H21N3O2S/c14-9-10-5-1-2-6-11(10)16-12-7-3-4-8-13(12)19(15,17)18/h3-4,7-8,10-11,16H,1-2,5-6,9,14H2,(H2,15,17,18). The fourth-order valence-corrected chi connectivity index (χ4v) is 3.42. The zero-order valence-corrected chi connectivity index (χ0v) is 11.7. The summed E-state index contributed by atoms with van der Waals surface area (Å²) >= 11 is 0. The second-order valence-electron chi connectivity index (χ2n) is 5.07. The van der Waals surface area contributed by atoms with Gasteiger partial charge in [-0.25, -0.2) is 13.6 Å². The molecule has 1 aromatic carbocycles. The fraction of sp³-hybridized carbons (Fsp3) is 0.538. The molecule has 0 spiro atoms. The molecule has 5 nitrogen and oxygen atoms in total. The number of nitrogens with one attached hydrogen (secondary N) is 1. The van der Waals surface area contributed by atoms with Gasteiger partial charge in [-0.2, -0.15) is 0 Å². The minimum atomic E-state index is -3.70. The maximum atomic E-state index is 11.6. The Kier molecular flexibility index (Phi) is 4.44.